The smallest absolute Gasteiger partial charge is 0.241 e. The zero-order chi connectivity index (χ0) is 18.5. The van der Waals surface area contributed by atoms with Gasteiger partial charge in [0, 0.05) is 4.88 Å². The van der Waals surface area contributed by atoms with Crippen molar-refractivity contribution in [2.24, 2.45) is 0 Å². The molecule has 0 aliphatic rings. The molecule has 3 rings (SSSR count). The van der Waals surface area contributed by atoms with Gasteiger partial charge in [-0.25, -0.2) is 4.39 Å². The number of nitrogens with one attached hydrogen (secondary N) is 2. The van der Waals surface area contributed by atoms with E-state index in [0.29, 0.717) is 5.69 Å². The van der Waals surface area contributed by atoms with E-state index < -0.39 is 11.9 Å². The lowest BCUT2D eigenvalue weighted by atomic mass is 10.0. The van der Waals surface area contributed by atoms with Gasteiger partial charge in [-0.2, -0.15) is 0 Å². The molecular weight excluding hydrogens is 371 g/mol. The Morgan fingerprint density at radius 1 is 1.12 bits per heavy atom. The fourth-order valence-corrected chi connectivity index (χ4v) is 3.63. The van der Waals surface area contributed by atoms with Crippen LogP contribution in [0.25, 0.3) is 0 Å². The molecule has 26 heavy (non-hydrogen) atoms. The first-order valence-corrected chi connectivity index (χ1v) is 9.40. The van der Waals surface area contributed by atoms with Gasteiger partial charge in [0.2, 0.25) is 5.91 Å². The molecule has 0 unspecified atom stereocenters. The fourth-order valence-electron chi connectivity index (χ4n) is 2.60. The van der Waals surface area contributed by atoms with E-state index in [0.717, 1.165) is 10.4 Å². The molecule has 2 N–H and O–H groups in total. The minimum absolute atomic E-state index is 0.0966. The molecule has 2 atom stereocenters. The quantitative estimate of drug-likeness (QED) is 0.605. The Hall–Kier alpha value is -2.21. The maximum absolute atomic E-state index is 13.2. The van der Waals surface area contributed by atoms with E-state index in [1.807, 2.05) is 47.8 Å². The van der Waals surface area contributed by atoms with E-state index in [9.17, 15) is 9.18 Å². The predicted molar refractivity (Wildman–Crippen MR) is 105 cm³/mol. The van der Waals surface area contributed by atoms with E-state index in [-0.39, 0.29) is 17.0 Å². The second kappa shape index (κ2) is 8.45. The molecule has 2 aromatic carbocycles. The summed E-state index contributed by atoms with van der Waals surface area (Å²) in [6.45, 7) is 1.79. The van der Waals surface area contributed by atoms with Crippen molar-refractivity contribution in [1.82, 2.24) is 5.32 Å². The molecule has 134 valence electrons. The number of hydrogen-bond acceptors (Lipinski definition) is 3. The first kappa shape index (κ1) is 18.6. The lowest BCUT2D eigenvalue weighted by Gasteiger charge is -2.23. The molecule has 1 heterocycles. The highest BCUT2D eigenvalue weighted by Crippen LogP contribution is 2.27. The molecular formula is C20H18ClFN2OS. The van der Waals surface area contributed by atoms with Crippen LogP contribution in [0.1, 0.15) is 23.4 Å². The first-order chi connectivity index (χ1) is 12.5. The van der Waals surface area contributed by atoms with Gasteiger partial charge in [-0.1, -0.05) is 48.0 Å². The maximum Gasteiger partial charge on any atom is 0.241 e. The van der Waals surface area contributed by atoms with E-state index >= 15 is 0 Å². The third-order valence-electron chi connectivity index (χ3n) is 3.96. The van der Waals surface area contributed by atoms with E-state index in [1.165, 1.54) is 18.2 Å². The lowest BCUT2D eigenvalue weighted by molar-refractivity contribution is -0.117. The van der Waals surface area contributed by atoms with Gasteiger partial charge in [-0.05, 0) is 42.1 Å². The second-order valence-electron chi connectivity index (χ2n) is 5.86. The van der Waals surface area contributed by atoms with Crippen LogP contribution in [0.15, 0.2) is 66.0 Å². The van der Waals surface area contributed by atoms with E-state index in [4.69, 9.17) is 11.6 Å². The van der Waals surface area contributed by atoms with E-state index in [1.54, 1.807) is 18.3 Å². The van der Waals surface area contributed by atoms with Crippen molar-refractivity contribution in [3.05, 3.63) is 87.3 Å². The minimum Gasteiger partial charge on any atom is -0.323 e. The van der Waals surface area contributed by atoms with Crippen molar-refractivity contribution in [2.75, 3.05) is 5.32 Å². The van der Waals surface area contributed by atoms with Gasteiger partial charge >= 0.3 is 0 Å². The molecule has 1 aromatic heterocycles. The molecule has 0 radical (unpaired) electrons. The number of halogens is 2. The fraction of sp³-hybridized carbons (Fsp3) is 0.150. The number of carbonyl (C=O) groups is 1. The number of hydrogen-bond donors (Lipinski definition) is 2. The largest absolute Gasteiger partial charge is 0.323 e. The highest BCUT2D eigenvalue weighted by molar-refractivity contribution is 7.10. The van der Waals surface area contributed by atoms with Gasteiger partial charge in [-0.15, -0.1) is 11.3 Å². The van der Waals surface area contributed by atoms with Crippen LogP contribution in [0.5, 0.6) is 0 Å². The van der Waals surface area contributed by atoms with Crippen LogP contribution < -0.4 is 10.6 Å². The van der Waals surface area contributed by atoms with Gasteiger partial charge in [-0.3, -0.25) is 10.1 Å². The standard InChI is InChI=1S/C20H18ClFN2OS/c1-13(20(25)24-17-10-9-15(22)12-16(17)21)23-19(18-8-5-11-26-18)14-6-3-2-4-7-14/h2-13,19,23H,1H3,(H,24,25)/t13-,19+/m0/s1. The van der Waals surface area contributed by atoms with Crippen LogP contribution >= 0.6 is 22.9 Å². The maximum atomic E-state index is 13.2. The van der Waals surface area contributed by atoms with Gasteiger partial charge in [0.05, 0.1) is 22.8 Å². The molecule has 1 amide bonds. The summed E-state index contributed by atoms with van der Waals surface area (Å²) in [4.78, 5) is 13.7. The minimum atomic E-state index is -0.483. The first-order valence-electron chi connectivity index (χ1n) is 8.15. The third kappa shape index (κ3) is 4.49. The van der Waals surface area contributed by atoms with Crippen LogP contribution in [0.3, 0.4) is 0 Å². The molecule has 6 heteroatoms. The summed E-state index contributed by atoms with van der Waals surface area (Å²) in [7, 11) is 0. The average Bonchev–Trinajstić information content (AvgIpc) is 3.17. The summed E-state index contributed by atoms with van der Waals surface area (Å²) in [6, 6.07) is 17.3. The van der Waals surface area contributed by atoms with Crippen LogP contribution in [-0.4, -0.2) is 11.9 Å². The Morgan fingerprint density at radius 2 is 1.88 bits per heavy atom. The normalized spacial score (nSPS) is 13.2. The van der Waals surface area contributed by atoms with Crippen molar-refractivity contribution in [2.45, 2.75) is 19.0 Å². The molecule has 0 spiro atoms. The van der Waals surface area contributed by atoms with Gasteiger partial charge < -0.3 is 5.32 Å². The summed E-state index contributed by atoms with van der Waals surface area (Å²) in [5.74, 6) is -0.683. The molecule has 0 fully saturated rings. The number of amides is 1. The SMILES string of the molecule is C[C@H](N[C@H](c1ccccc1)c1cccs1)C(=O)Nc1ccc(F)cc1Cl. The summed E-state index contributed by atoms with van der Waals surface area (Å²) >= 11 is 7.62. The Kier molecular flexibility index (Phi) is 6.04. The number of rotatable bonds is 6. The van der Waals surface area contributed by atoms with E-state index in [2.05, 4.69) is 10.6 Å². The summed E-state index contributed by atoms with van der Waals surface area (Å²) in [5.41, 5.74) is 1.47. The number of benzene rings is 2. The Labute approximate surface area is 160 Å². The molecule has 0 saturated heterocycles. The zero-order valence-corrected chi connectivity index (χ0v) is 15.7. The average molecular weight is 389 g/mol. The molecule has 3 aromatic rings. The number of carbonyl (C=O) groups excluding carboxylic acids is 1. The topological polar surface area (TPSA) is 41.1 Å². The monoisotopic (exact) mass is 388 g/mol. The molecule has 0 saturated carbocycles. The molecule has 0 aliphatic carbocycles. The molecule has 3 nitrogen and oxygen atoms in total. The highest BCUT2D eigenvalue weighted by atomic mass is 35.5. The number of thiophene rings is 1. The lowest BCUT2D eigenvalue weighted by Crippen LogP contribution is -2.40. The van der Waals surface area contributed by atoms with Gasteiger partial charge in [0.1, 0.15) is 5.82 Å². The predicted octanol–water partition coefficient (Wildman–Crippen LogP) is 5.25. The Balaban J connectivity index is 1.75. The summed E-state index contributed by atoms with van der Waals surface area (Å²) in [6.07, 6.45) is 0. The van der Waals surface area contributed by atoms with Crippen molar-refractivity contribution in [1.29, 1.82) is 0 Å². The van der Waals surface area contributed by atoms with Gasteiger partial charge in [0.15, 0.2) is 0 Å². The second-order valence-corrected chi connectivity index (χ2v) is 7.25. The van der Waals surface area contributed by atoms with Crippen molar-refractivity contribution >= 4 is 34.5 Å². The van der Waals surface area contributed by atoms with Crippen molar-refractivity contribution in [3.8, 4) is 0 Å². The van der Waals surface area contributed by atoms with Crippen LogP contribution in [0.2, 0.25) is 5.02 Å². The molecule has 0 bridgehead atoms. The molecule has 0 aliphatic heterocycles. The third-order valence-corrected chi connectivity index (χ3v) is 5.21. The summed E-state index contributed by atoms with van der Waals surface area (Å²) in [5, 5.41) is 8.29. The van der Waals surface area contributed by atoms with Gasteiger partial charge in [0.25, 0.3) is 0 Å². The van der Waals surface area contributed by atoms with Crippen molar-refractivity contribution in [3.63, 3.8) is 0 Å². The van der Waals surface area contributed by atoms with Crippen LogP contribution in [0.4, 0.5) is 10.1 Å². The zero-order valence-electron chi connectivity index (χ0n) is 14.1. The van der Waals surface area contributed by atoms with Crippen molar-refractivity contribution < 1.29 is 9.18 Å². The highest BCUT2D eigenvalue weighted by Gasteiger charge is 2.22. The summed E-state index contributed by atoms with van der Waals surface area (Å²) < 4.78 is 13.2. The number of anilines is 1. The Bertz CT molecular complexity index is 871. The van der Waals surface area contributed by atoms with Crippen LogP contribution in [0, 0.1) is 5.82 Å². The Morgan fingerprint density at radius 3 is 2.54 bits per heavy atom. The van der Waals surface area contributed by atoms with Crippen LogP contribution in [-0.2, 0) is 4.79 Å².